The molecular weight excluding hydrogens is 423 g/mol. The highest BCUT2D eigenvalue weighted by atomic mass is 19.4. The van der Waals surface area contributed by atoms with Crippen LogP contribution in [0.1, 0.15) is 27.9 Å². The molecule has 0 fully saturated rings. The van der Waals surface area contributed by atoms with Gasteiger partial charge < -0.3 is 14.9 Å². The molecule has 1 atom stereocenters. The van der Waals surface area contributed by atoms with Crippen LogP contribution in [-0.4, -0.2) is 33.5 Å². The van der Waals surface area contributed by atoms with Crippen LogP contribution in [0.4, 0.5) is 13.2 Å². The van der Waals surface area contributed by atoms with Gasteiger partial charge in [-0.25, -0.2) is 4.68 Å². The number of ether oxygens (including phenoxy) is 1. The Hall–Kier alpha value is -3.56. The number of oxime groups is 1. The Morgan fingerprint density at radius 1 is 1.19 bits per heavy atom. The molecule has 7 nitrogen and oxygen atoms in total. The maximum Gasteiger partial charge on any atom is 0.416 e. The van der Waals surface area contributed by atoms with E-state index in [0.717, 1.165) is 12.1 Å². The summed E-state index contributed by atoms with van der Waals surface area (Å²) in [5, 5.41) is 15.3. The fraction of sp³-hybridized carbons (Fsp3) is 0.318. The standard InChI is InChI=1S/C22H22F3N5O2/c1-13-7-8-15(14(2)9-13)10-17-12-31-28-20(26-17)19-21(27-29-30(19)3)32-18-6-4-5-16(11-18)22(23,24)25/h4-9,11,17H,10,12H2,1-3H3,(H,26,28). The Kier molecular flexibility index (Phi) is 5.77. The van der Waals surface area contributed by atoms with E-state index in [1.54, 1.807) is 7.05 Å². The van der Waals surface area contributed by atoms with Gasteiger partial charge in [-0.05, 0) is 49.6 Å². The van der Waals surface area contributed by atoms with Crippen LogP contribution in [0.5, 0.6) is 11.6 Å². The van der Waals surface area contributed by atoms with Gasteiger partial charge in [0.05, 0.1) is 11.6 Å². The number of aryl methyl sites for hydroxylation is 3. The normalized spacial score (nSPS) is 16.2. The first kappa shape index (κ1) is 21.7. The van der Waals surface area contributed by atoms with Crippen molar-refractivity contribution < 1.29 is 22.7 Å². The minimum Gasteiger partial charge on any atom is -0.436 e. The molecule has 0 amide bonds. The van der Waals surface area contributed by atoms with Crippen molar-refractivity contribution in [3.8, 4) is 11.6 Å². The van der Waals surface area contributed by atoms with Crippen molar-refractivity contribution in [2.24, 2.45) is 12.2 Å². The molecule has 1 unspecified atom stereocenters. The minimum absolute atomic E-state index is 0.00858. The number of rotatable bonds is 5. The summed E-state index contributed by atoms with van der Waals surface area (Å²) in [5.74, 6) is 0.361. The number of alkyl halides is 3. The first-order valence-corrected chi connectivity index (χ1v) is 9.98. The molecule has 32 heavy (non-hydrogen) atoms. The van der Waals surface area contributed by atoms with E-state index >= 15 is 0 Å². The molecule has 3 aromatic rings. The maximum absolute atomic E-state index is 13.0. The third-order valence-electron chi connectivity index (χ3n) is 5.13. The third-order valence-corrected chi connectivity index (χ3v) is 5.13. The zero-order valence-electron chi connectivity index (χ0n) is 17.8. The van der Waals surface area contributed by atoms with Gasteiger partial charge in [-0.15, -0.1) is 0 Å². The van der Waals surface area contributed by atoms with Crippen LogP contribution in [-0.2, 0) is 24.5 Å². The van der Waals surface area contributed by atoms with E-state index < -0.39 is 11.7 Å². The fourth-order valence-corrected chi connectivity index (χ4v) is 3.52. The second kappa shape index (κ2) is 8.52. The lowest BCUT2D eigenvalue weighted by atomic mass is 9.99. The van der Waals surface area contributed by atoms with Gasteiger partial charge in [0.15, 0.2) is 11.5 Å². The number of hydrogen-bond acceptors (Lipinski definition) is 6. The van der Waals surface area contributed by atoms with Gasteiger partial charge in [-0.3, -0.25) is 0 Å². The Balaban J connectivity index is 1.54. The predicted octanol–water partition coefficient (Wildman–Crippen LogP) is 4.14. The molecule has 0 aliphatic carbocycles. The summed E-state index contributed by atoms with van der Waals surface area (Å²) in [4.78, 5) is 5.43. The lowest BCUT2D eigenvalue weighted by molar-refractivity contribution is -0.137. The molecular formula is C22H22F3N5O2. The molecule has 0 radical (unpaired) electrons. The Morgan fingerprint density at radius 3 is 2.75 bits per heavy atom. The van der Waals surface area contributed by atoms with Crippen molar-refractivity contribution in [2.45, 2.75) is 32.5 Å². The summed E-state index contributed by atoms with van der Waals surface area (Å²) < 4.78 is 46.1. The molecule has 0 bridgehead atoms. The van der Waals surface area contributed by atoms with Gasteiger partial charge in [-0.2, -0.15) is 13.2 Å². The highest BCUT2D eigenvalue weighted by Crippen LogP contribution is 2.33. The smallest absolute Gasteiger partial charge is 0.416 e. The molecule has 0 saturated heterocycles. The summed E-state index contributed by atoms with van der Waals surface area (Å²) in [6.07, 6.45) is -3.77. The monoisotopic (exact) mass is 445 g/mol. The van der Waals surface area contributed by atoms with Crippen LogP contribution in [0.2, 0.25) is 0 Å². The Labute approximate surface area is 182 Å². The molecule has 1 aromatic heterocycles. The van der Waals surface area contributed by atoms with Gasteiger partial charge in [0, 0.05) is 7.05 Å². The zero-order valence-corrected chi connectivity index (χ0v) is 17.8. The van der Waals surface area contributed by atoms with E-state index in [-0.39, 0.29) is 17.7 Å². The molecule has 0 spiro atoms. The molecule has 2 heterocycles. The molecule has 1 aliphatic rings. The van der Waals surface area contributed by atoms with Gasteiger partial charge in [0.1, 0.15) is 12.4 Å². The van der Waals surface area contributed by atoms with Gasteiger partial charge in [-0.1, -0.05) is 45.3 Å². The second-order valence-corrected chi connectivity index (χ2v) is 7.71. The number of benzene rings is 2. The summed E-state index contributed by atoms with van der Waals surface area (Å²) in [6, 6.07) is 10.8. The van der Waals surface area contributed by atoms with E-state index in [1.807, 2.05) is 6.92 Å². The summed E-state index contributed by atoms with van der Waals surface area (Å²) in [5.41, 5.74) is 3.12. The maximum atomic E-state index is 13.0. The summed E-state index contributed by atoms with van der Waals surface area (Å²) in [7, 11) is 1.64. The van der Waals surface area contributed by atoms with E-state index in [0.29, 0.717) is 24.6 Å². The molecule has 4 rings (SSSR count). The lowest BCUT2D eigenvalue weighted by Gasteiger charge is -2.24. The van der Waals surface area contributed by atoms with Crippen LogP contribution in [0.3, 0.4) is 0 Å². The number of nitrogens with one attached hydrogen (secondary N) is 1. The average Bonchev–Trinajstić information content (AvgIpc) is 3.10. The van der Waals surface area contributed by atoms with Crippen molar-refractivity contribution in [1.82, 2.24) is 20.3 Å². The zero-order chi connectivity index (χ0) is 22.9. The number of aromatic nitrogens is 3. The number of nitrogens with zero attached hydrogens (tertiary/aromatic N) is 4. The minimum atomic E-state index is -4.48. The van der Waals surface area contributed by atoms with E-state index in [9.17, 15) is 13.2 Å². The number of halogens is 3. The molecule has 1 aliphatic heterocycles. The van der Waals surface area contributed by atoms with Crippen molar-refractivity contribution in [3.05, 3.63) is 70.4 Å². The molecule has 1 N–H and O–H groups in total. The Bertz CT molecular complexity index is 1160. The van der Waals surface area contributed by atoms with Crippen LogP contribution < -0.4 is 10.1 Å². The van der Waals surface area contributed by atoms with E-state index in [1.165, 1.54) is 33.5 Å². The molecule has 10 heteroatoms. The first-order chi connectivity index (χ1) is 15.2. The molecule has 0 saturated carbocycles. The molecule has 2 aromatic carbocycles. The number of hydrogen-bond donors (Lipinski definition) is 1. The largest absolute Gasteiger partial charge is 0.436 e. The summed E-state index contributed by atoms with van der Waals surface area (Å²) >= 11 is 0. The Morgan fingerprint density at radius 2 is 2.00 bits per heavy atom. The van der Waals surface area contributed by atoms with Crippen molar-refractivity contribution in [2.75, 3.05) is 6.61 Å². The quantitative estimate of drug-likeness (QED) is 0.639. The van der Waals surface area contributed by atoms with Gasteiger partial charge >= 0.3 is 6.18 Å². The summed E-state index contributed by atoms with van der Waals surface area (Å²) in [6.45, 7) is 4.48. The topological polar surface area (TPSA) is 73.6 Å². The van der Waals surface area contributed by atoms with Crippen LogP contribution in [0.15, 0.2) is 47.6 Å². The van der Waals surface area contributed by atoms with E-state index in [4.69, 9.17) is 9.57 Å². The van der Waals surface area contributed by atoms with Crippen molar-refractivity contribution in [1.29, 1.82) is 0 Å². The average molecular weight is 445 g/mol. The number of amidine groups is 1. The van der Waals surface area contributed by atoms with Gasteiger partial charge in [0.25, 0.3) is 5.88 Å². The first-order valence-electron chi connectivity index (χ1n) is 9.98. The highest BCUT2D eigenvalue weighted by molar-refractivity contribution is 5.99. The molecule has 168 valence electrons. The van der Waals surface area contributed by atoms with Crippen LogP contribution in [0, 0.1) is 13.8 Å². The lowest BCUT2D eigenvalue weighted by Crippen LogP contribution is -2.44. The van der Waals surface area contributed by atoms with Crippen LogP contribution in [0.25, 0.3) is 0 Å². The SMILES string of the molecule is Cc1ccc(CC2CON=C(c3c(Oc4cccc(C(F)(F)F)c4)nnn3C)N2)c(C)c1. The fourth-order valence-electron chi connectivity index (χ4n) is 3.52. The van der Waals surface area contributed by atoms with Crippen molar-refractivity contribution in [3.63, 3.8) is 0 Å². The highest BCUT2D eigenvalue weighted by Gasteiger charge is 2.31. The second-order valence-electron chi connectivity index (χ2n) is 7.71. The van der Waals surface area contributed by atoms with Crippen molar-refractivity contribution >= 4 is 5.84 Å². The third kappa shape index (κ3) is 4.68. The van der Waals surface area contributed by atoms with Crippen LogP contribution >= 0.6 is 0 Å². The predicted molar refractivity (Wildman–Crippen MR) is 112 cm³/mol. The van der Waals surface area contributed by atoms with E-state index in [2.05, 4.69) is 45.9 Å². The van der Waals surface area contributed by atoms with Gasteiger partial charge in [0.2, 0.25) is 0 Å².